The summed E-state index contributed by atoms with van der Waals surface area (Å²) in [6, 6.07) is 5.35. The lowest BCUT2D eigenvalue weighted by Gasteiger charge is -2.19. The first-order valence-corrected chi connectivity index (χ1v) is 8.24. The Morgan fingerprint density at radius 1 is 1.30 bits per heavy atom. The summed E-state index contributed by atoms with van der Waals surface area (Å²) >= 11 is 1.47. The van der Waals surface area contributed by atoms with Gasteiger partial charge < -0.3 is 0 Å². The van der Waals surface area contributed by atoms with Crippen LogP contribution in [0.3, 0.4) is 0 Å². The Hall–Kier alpha value is -2.22. The highest BCUT2D eigenvalue weighted by molar-refractivity contribution is 7.98. The summed E-state index contributed by atoms with van der Waals surface area (Å²) in [6.07, 6.45) is 1.73. The first-order chi connectivity index (χ1) is 10.9. The molecule has 0 atom stereocenters. The molecule has 0 radical (unpaired) electrons. The highest BCUT2D eigenvalue weighted by Crippen LogP contribution is 2.23. The fraction of sp³-hybridized carbons (Fsp3) is 0.400. The fourth-order valence-electron chi connectivity index (χ4n) is 2.21. The van der Waals surface area contributed by atoms with Crippen molar-refractivity contribution in [1.29, 1.82) is 0 Å². The van der Waals surface area contributed by atoms with Gasteiger partial charge in [0.05, 0.1) is 11.2 Å². The van der Waals surface area contributed by atoms with Gasteiger partial charge in [0.25, 0.3) is 5.56 Å². The lowest BCUT2D eigenvalue weighted by atomic mass is 10.1. The van der Waals surface area contributed by atoms with Gasteiger partial charge in [-0.2, -0.15) is 0 Å². The molecular formula is C15H18N6OS. The van der Waals surface area contributed by atoms with Crippen molar-refractivity contribution in [3.05, 3.63) is 46.0 Å². The molecule has 7 nitrogen and oxygen atoms in total. The molecule has 23 heavy (non-hydrogen) atoms. The largest absolute Gasteiger partial charge is 0.269 e. The van der Waals surface area contributed by atoms with E-state index in [1.165, 1.54) is 11.8 Å². The number of fused-ring (bicyclic) bond motifs is 1. The molecule has 8 heteroatoms. The topological polar surface area (TPSA) is 78.0 Å². The predicted molar refractivity (Wildman–Crippen MR) is 88.6 cm³/mol. The van der Waals surface area contributed by atoms with Gasteiger partial charge in [-0.05, 0) is 49.8 Å². The summed E-state index contributed by atoms with van der Waals surface area (Å²) in [5.41, 5.74) is 2.10. The second-order valence-electron chi connectivity index (χ2n) is 6.30. The highest BCUT2D eigenvalue weighted by atomic mass is 32.2. The predicted octanol–water partition coefficient (Wildman–Crippen LogP) is 2.04. The normalized spacial score (nSPS) is 12.0. The quantitative estimate of drug-likeness (QED) is 0.684. The molecule has 0 amide bonds. The Balaban J connectivity index is 1.90. The van der Waals surface area contributed by atoms with Gasteiger partial charge in [-0.25, -0.2) is 9.67 Å². The van der Waals surface area contributed by atoms with E-state index in [-0.39, 0.29) is 11.1 Å². The van der Waals surface area contributed by atoms with Crippen LogP contribution in [-0.2, 0) is 11.3 Å². The molecule has 0 aliphatic heterocycles. The van der Waals surface area contributed by atoms with Crippen molar-refractivity contribution < 1.29 is 0 Å². The van der Waals surface area contributed by atoms with Crippen molar-refractivity contribution in [2.24, 2.45) is 0 Å². The Labute approximate surface area is 137 Å². The van der Waals surface area contributed by atoms with Gasteiger partial charge in [0, 0.05) is 18.0 Å². The molecular weight excluding hydrogens is 312 g/mol. The van der Waals surface area contributed by atoms with Gasteiger partial charge >= 0.3 is 0 Å². The molecule has 3 aromatic rings. The summed E-state index contributed by atoms with van der Waals surface area (Å²) in [5.74, 6) is 0.538. The van der Waals surface area contributed by atoms with E-state index in [1.54, 1.807) is 21.3 Å². The molecule has 120 valence electrons. The van der Waals surface area contributed by atoms with E-state index < -0.39 is 0 Å². The minimum absolute atomic E-state index is 0.0790. The first kappa shape index (κ1) is 15.7. The maximum atomic E-state index is 12.2. The molecule has 0 spiro atoms. The average Bonchev–Trinajstić information content (AvgIpc) is 2.95. The molecule has 3 heterocycles. The van der Waals surface area contributed by atoms with E-state index in [1.807, 2.05) is 39.8 Å². The molecule has 0 saturated heterocycles. The number of nitrogens with zero attached hydrogens (tertiary/aromatic N) is 6. The second kappa shape index (κ2) is 5.77. The SMILES string of the molecule is Cc1cccn2c(=O)cc(CSc3nnnn3C(C)(C)C)nc12. The van der Waals surface area contributed by atoms with Crippen LogP contribution in [0.2, 0.25) is 0 Å². The van der Waals surface area contributed by atoms with Crippen molar-refractivity contribution in [2.75, 3.05) is 0 Å². The van der Waals surface area contributed by atoms with E-state index in [0.29, 0.717) is 16.6 Å². The van der Waals surface area contributed by atoms with Gasteiger partial charge in [0.1, 0.15) is 5.65 Å². The van der Waals surface area contributed by atoms with E-state index in [4.69, 9.17) is 0 Å². The summed E-state index contributed by atoms with van der Waals surface area (Å²) in [6.45, 7) is 8.06. The third-order valence-corrected chi connectivity index (χ3v) is 4.32. The third-order valence-electron chi connectivity index (χ3n) is 3.36. The number of tetrazole rings is 1. The summed E-state index contributed by atoms with van der Waals surface area (Å²) in [5, 5.41) is 12.5. The summed E-state index contributed by atoms with van der Waals surface area (Å²) in [4.78, 5) is 16.8. The van der Waals surface area contributed by atoms with Crippen molar-refractivity contribution in [2.45, 2.75) is 44.1 Å². The van der Waals surface area contributed by atoms with Crippen molar-refractivity contribution in [3.63, 3.8) is 0 Å². The second-order valence-corrected chi connectivity index (χ2v) is 7.25. The number of rotatable bonds is 3. The lowest BCUT2D eigenvalue weighted by Crippen LogP contribution is -2.24. The van der Waals surface area contributed by atoms with Crippen LogP contribution in [0.1, 0.15) is 32.0 Å². The molecule has 0 N–H and O–H groups in total. The number of pyridine rings is 1. The van der Waals surface area contributed by atoms with Gasteiger partial charge in [-0.15, -0.1) is 5.10 Å². The molecule has 0 bridgehead atoms. The molecule has 3 aromatic heterocycles. The molecule has 0 aromatic carbocycles. The Morgan fingerprint density at radius 2 is 2.09 bits per heavy atom. The molecule has 0 aliphatic carbocycles. The Kier molecular flexibility index (Phi) is 3.93. The van der Waals surface area contributed by atoms with Crippen LogP contribution in [0.4, 0.5) is 0 Å². The van der Waals surface area contributed by atoms with Crippen molar-refractivity contribution in [1.82, 2.24) is 29.6 Å². The van der Waals surface area contributed by atoms with Gasteiger partial charge in [-0.3, -0.25) is 9.20 Å². The highest BCUT2D eigenvalue weighted by Gasteiger charge is 2.20. The molecule has 0 saturated carbocycles. The minimum Gasteiger partial charge on any atom is -0.269 e. The van der Waals surface area contributed by atoms with Crippen LogP contribution >= 0.6 is 11.8 Å². The van der Waals surface area contributed by atoms with E-state index in [2.05, 4.69) is 20.5 Å². The van der Waals surface area contributed by atoms with Gasteiger partial charge in [0.15, 0.2) is 0 Å². The Bertz CT molecular complexity index is 908. The van der Waals surface area contributed by atoms with Gasteiger partial charge in [-0.1, -0.05) is 17.8 Å². The standard InChI is InChI=1S/C15H18N6OS/c1-10-6-5-7-20-12(22)8-11(16-13(10)20)9-23-14-17-18-19-21(14)15(2,3)4/h5-8H,9H2,1-4H3. The first-order valence-electron chi connectivity index (χ1n) is 7.26. The zero-order valence-electron chi connectivity index (χ0n) is 13.5. The van der Waals surface area contributed by atoms with E-state index >= 15 is 0 Å². The number of aryl methyl sites for hydroxylation is 1. The summed E-state index contributed by atoms with van der Waals surface area (Å²) < 4.78 is 3.33. The maximum absolute atomic E-state index is 12.2. The van der Waals surface area contributed by atoms with Crippen LogP contribution < -0.4 is 5.56 Å². The van der Waals surface area contributed by atoms with Crippen LogP contribution in [0.25, 0.3) is 5.65 Å². The van der Waals surface area contributed by atoms with E-state index in [0.717, 1.165) is 11.3 Å². The van der Waals surface area contributed by atoms with Crippen molar-refractivity contribution in [3.8, 4) is 0 Å². The van der Waals surface area contributed by atoms with Crippen LogP contribution in [0.15, 0.2) is 34.3 Å². The van der Waals surface area contributed by atoms with E-state index in [9.17, 15) is 4.79 Å². The smallest absolute Gasteiger partial charge is 0.258 e. The third kappa shape index (κ3) is 3.12. The number of hydrogen-bond acceptors (Lipinski definition) is 6. The fourth-order valence-corrected chi connectivity index (χ4v) is 3.16. The maximum Gasteiger partial charge on any atom is 0.258 e. The van der Waals surface area contributed by atoms with Crippen LogP contribution in [-0.4, -0.2) is 29.6 Å². The molecule has 0 aliphatic rings. The molecule has 3 rings (SSSR count). The number of aromatic nitrogens is 6. The van der Waals surface area contributed by atoms with Crippen molar-refractivity contribution >= 4 is 17.4 Å². The molecule has 0 unspecified atom stereocenters. The monoisotopic (exact) mass is 330 g/mol. The average molecular weight is 330 g/mol. The van der Waals surface area contributed by atoms with Crippen LogP contribution in [0.5, 0.6) is 0 Å². The lowest BCUT2D eigenvalue weighted by molar-refractivity contribution is 0.321. The minimum atomic E-state index is -0.196. The zero-order valence-corrected chi connectivity index (χ0v) is 14.3. The molecule has 0 fully saturated rings. The van der Waals surface area contributed by atoms with Crippen LogP contribution in [0, 0.1) is 6.92 Å². The number of hydrogen-bond donors (Lipinski definition) is 0. The summed E-state index contributed by atoms with van der Waals surface area (Å²) in [7, 11) is 0. The zero-order chi connectivity index (χ0) is 16.6. The Morgan fingerprint density at radius 3 is 2.83 bits per heavy atom. The van der Waals surface area contributed by atoms with Gasteiger partial charge in [0.2, 0.25) is 5.16 Å². The number of thioether (sulfide) groups is 1.